The number of halogens is 3. The Morgan fingerprint density at radius 2 is 1.84 bits per heavy atom. The second kappa shape index (κ2) is 14.9. The van der Waals surface area contributed by atoms with Crippen molar-refractivity contribution < 1.29 is 32.6 Å². The molecule has 1 aromatic carbocycles. The molecule has 1 aromatic heterocycles. The maximum Gasteiger partial charge on any atom is 0.410 e. The molecule has 0 saturated heterocycles. The zero-order valence-electron chi connectivity index (χ0n) is 20.6. The van der Waals surface area contributed by atoms with Crippen molar-refractivity contribution in [3.8, 4) is 5.75 Å². The summed E-state index contributed by atoms with van der Waals surface area (Å²) in [7, 11) is -2.16. The van der Waals surface area contributed by atoms with Crippen LogP contribution in [0.2, 0.25) is 0 Å². The molecule has 0 radical (unpaired) electrons. The van der Waals surface area contributed by atoms with Gasteiger partial charge < -0.3 is 34.9 Å². The Balaban J connectivity index is 1.76. The van der Waals surface area contributed by atoms with Crippen LogP contribution in [-0.4, -0.2) is 78.1 Å². The first-order valence-electron chi connectivity index (χ1n) is 11.1. The minimum absolute atomic E-state index is 0.000927. The van der Waals surface area contributed by atoms with Crippen LogP contribution in [0.4, 0.5) is 4.79 Å². The van der Waals surface area contributed by atoms with Crippen LogP contribution in [0, 0.1) is 0 Å². The fourth-order valence-electron chi connectivity index (χ4n) is 2.85. The normalized spacial score (nSPS) is 13.2. The third-order valence-corrected chi connectivity index (χ3v) is 6.39. The van der Waals surface area contributed by atoms with Gasteiger partial charge in [-0.2, -0.15) is 11.8 Å². The average Bonchev–Trinajstić information content (AvgIpc) is 3.26. The molecule has 1 amide bonds. The van der Waals surface area contributed by atoms with E-state index in [1.54, 1.807) is 24.3 Å². The standard InChI is InChI=1S/C22H29Cl3N4O7S2/c1-29(21(32)35-14-22(23,24)25)12-17-7-8-18(36-17)13-37-10-9-26-20(28-38(2,33)34)27-11-19(31)15-3-5-16(30)6-4-15/h3-8,19,30-31H,9-14H2,1-2H3,(H2,26,27,28). The van der Waals surface area contributed by atoms with E-state index < -0.39 is 26.0 Å². The number of nitrogens with one attached hydrogen (secondary N) is 2. The number of aliphatic hydroxyl groups excluding tert-OH is 1. The lowest BCUT2D eigenvalue weighted by atomic mass is 10.1. The van der Waals surface area contributed by atoms with Gasteiger partial charge >= 0.3 is 6.09 Å². The maximum atomic E-state index is 12.0. The van der Waals surface area contributed by atoms with Gasteiger partial charge in [0.1, 0.15) is 23.9 Å². The summed E-state index contributed by atoms with van der Waals surface area (Å²) in [6.45, 7) is 0.172. The molecule has 1 heterocycles. The van der Waals surface area contributed by atoms with Crippen molar-refractivity contribution in [2.45, 2.75) is 22.2 Å². The zero-order chi connectivity index (χ0) is 28.3. The van der Waals surface area contributed by atoms with Gasteiger partial charge in [-0.25, -0.2) is 13.2 Å². The summed E-state index contributed by atoms with van der Waals surface area (Å²) >= 11 is 18.2. The van der Waals surface area contributed by atoms with Crippen LogP contribution in [0.15, 0.2) is 45.2 Å². The van der Waals surface area contributed by atoms with Crippen molar-refractivity contribution in [2.24, 2.45) is 4.40 Å². The molecule has 2 rings (SSSR count). The van der Waals surface area contributed by atoms with Gasteiger partial charge in [0.05, 0.1) is 24.7 Å². The molecule has 11 nitrogen and oxygen atoms in total. The summed E-state index contributed by atoms with van der Waals surface area (Å²) in [4.78, 5) is 13.2. The number of sulfonamides is 1. The van der Waals surface area contributed by atoms with Crippen LogP contribution in [0.1, 0.15) is 23.2 Å². The number of aromatic hydroxyl groups is 1. The summed E-state index contributed by atoms with van der Waals surface area (Å²) in [5.41, 5.74) is 0.549. The van der Waals surface area contributed by atoms with Gasteiger partial charge in [0.2, 0.25) is 9.75 Å². The van der Waals surface area contributed by atoms with Crippen LogP contribution in [0.5, 0.6) is 5.75 Å². The number of benzene rings is 1. The number of carbonyl (C=O) groups excluding carboxylic acids is 1. The molecule has 0 saturated carbocycles. The first-order chi connectivity index (χ1) is 17.7. The highest BCUT2D eigenvalue weighted by molar-refractivity contribution is 7.98. The summed E-state index contributed by atoms with van der Waals surface area (Å²) in [5.74, 6) is 2.44. The van der Waals surface area contributed by atoms with E-state index in [-0.39, 0.29) is 31.4 Å². The SMILES string of the molecule is CN(Cc1ccc(CSCCNC(=NS(C)(=O)=O)NCC(O)c2ccc(O)cc2)o1)C(=O)OCC(Cl)(Cl)Cl. The van der Waals surface area contributed by atoms with E-state index in [0.717, 1.165) is 6.26 Å². The van der Waals surface area contributed by atoms with Gasteiger partial charge in [-0.15, -0.1) is 4.40 Å². The zero-order valence-corrected chi connectivity index (χ0v) is 24.5. The van der Waals surface area contributed by atoms with Crippen LogP contribution in [-0.2, 0) is 27.1 Å². The number of nitrogens with zero attached hydrogens (tertiary/aromatic N) is 2. The molecule has 0 bridgehead atoms. The Kier molecular flexibility index (Phi) is 12.7. The molecule has 0 aliphatic carbocycles. The highest BCUT2D eigenvalue weighted by Gasteiger charge is 2.23. The quantitative estimate of drug-likeness (QED) is 0.119. The summed E-state index contributed by atoms with van der Waals surface area (Å²) in [6, 6.07) is 9.56. The van der Waals surface area contributed by atoms with Crippen LogP contribution in [0.25, 0.3) is 0 Å². The first-order valence-corrected chi connectivity index (χ1v) is 15.2. The Labute approximate surface area is 240 Å². The third kappa shape index (κ3) is 13.2. The first kappa shape index (κ1) is 32.2. The molecule has 16 heteroatoms. The van der Waals surface area contributed by atoms with Gasteiger partial charge in [-0.05, 0) is 29.8 Å². The number of ether oxygens (including phenoxy) is 1. The molecule has 4 N–H and O–H groups in total. The number of alkyl halides is 3. The van der Waals surface area contributed by atoms with Crippen molar-refractivity contribution >= 4 is 68.6 Å². The monoisotopic (exact) mass is 630 g/mol. The number of rotatable bonds is 12. The topological polar surface area (TPSA) is 154 Å². The van der Waals surface area contributed by atoms with Crippen LogP contribution >= 0.6 is 46.6 Å². The van der Waals surface area contributed by atoms with Crippen LogP contribution in [0.3, 0.4) is 0 Å². The van der Waals surface area contributed by atoms with Gasteiger partial charge in [0.15, 0.2) is 0 Å². The van der Waals surface area contributed by atoms with E-state index in [9.17, 15) is 23.4 Å². The van der Waals surface area contributed by atoms with E-state index in [1.165, 1.54) is 35.8 Å². The Hall–Kier alpha value is -2.03. The molecule has 1 atom stereocenters. The smallest absolute Gasteiger partial charge is 0.410 e. The lowest BCUT2D eigenvalue weighted by Crippen LogP contribution is -2.41. The second-order valence-electron chi connectivity index (χ2n) is 8.03. The van der Waals surface area contributed by atoms with E-state index in [4.69, 9.17) is 44.0 Å². The number of phenolic OH excluding ortho intramolecular Hbond substituents is 1. The van der Waals surface area contributed by atoms with Crippen molar-refractivity contribution in [3.63, 3.8) is 0 Å². The average molecular weight is 632 g/mol. The predicted molar refractivity (Wildman–Crippen MR) is 149 cm³/mol. The highest BCUT2D eigenvalue weighted by Crippen LogP contribution is 2.26. The number of furan rings is 1. The van der Waals surface area contributed by atoms with Gasteiger partial charge in [0, 0.05) is 25.9 Å². The maximum absolute atomic E-state index is 12.0. The second-order valence-corrected chi connectivity index (χ2v) is 13.3. The number of thioether (sulfide) groups is 1. The Morgan fingerprint density at radius 3 is 2.47 bits per heavy atom. The number of phenols is 1. The minimum Gasteiger partial charge on any atom is -0.508 e. The number of amides is 1. The van der Waals surface area contributed by atoms with Gasteiger partial charge in [0.25, 0.3) is 10.0 Å². The number of aliphatic hydroxyl groups is 1. The summed E-state index contributed by atoms with van der Waals surface area (Å²) < 4.78 is 35.9. The molecular weight excluding hydrogens is 603 g/mol. The predicted octanol–water partition coefficient (Wildman–Crippen LogP) is 3.39. The van der Waals surface area contributed by atoms with Crippen molar-refractivity contribution in [1.29, 1.82) is 0 Å². The third-order valence-electron chi connectivity index (χ3n) is 4.56. The fraction of sp³-hybridized carbons (Fsp3) is 0.455. The number of hydrogen-bond acceptors (Lipinski definition) is 8. The molecule has 1 unspecified atom stereocenters. The highest BCUT2D eigenvalue weighted by atomic mass is 35.6. The molecule has 0 fully saturated rings. The van der Waals surface area contributed by atoms with E-state index in [2.05, 4.69) is 15.0 Å². The molecular formula is C22H29Cl3N4O7S2. The summed E-state index contributed by atoms with van der Waals surface area (Å²) in [6.07, 6.45) is -0.640. The lowest BCUT2D eigenvalue weighted by Gasteiger charge is -2.17. The van der Waals surface area contributed by atoms with Gasteiger partial charge in [-0.1, -0.05) is 46.9 Å². The molecule has 0 aliphatic heterocycles. The lowest BCUT2D eigenvalue weighted by molar-refractivity contribution is 0.108. The molecule has 2 aromatic rings. The Bertz CT molecular complexity index is 1170. The minimum atomic E-state index is -3.68. The molecule has 212 valence electrons. The van der Waals surface area contributed by atoms with E-state index in [1.807, 2.05) is 0 Å². The molecule has 0 aliphatic rings. The van der Waals surface area contributed by atoms with E-state index >= 15 is 0 Å². The fourth-order valence-corrected chi connectivity index (χ4v) is 4.22. The Morgan fingerprint density at radius 1 is 1.18 bits per heavy atom. The van der Waals surface area contributed by atoms with Crippen molar-refractivity contribution in [2.75, 3.05) is 38.8 Å². The van der Waals surface area contributed by atoms with Gasteiger partial charge in [-0.3, -0.25) is 0 Å². The van der Waals surface area contributed by atoms with E-state index in [0.29, 0.717) is 35.1 Å². The van der Waals surface area contributed by atoms with Crippen LogP contribution < -0.4 is 10.6 Å². The number of carbonyl (C=O) groups is 1. The molecule has 38 heavy (non-hydrogen) atoms. The summed E-state index contributed by atoms with van der Waals surface area (Å²) in [5, 5.41) is 25.4. The van der Waals surface area contributed by atoms with Crippen molar-refractivity contribution in [1.82, 2.24) is 15.5 Å². The largest absolute Gasteiger partial charge is 0.508 e. The number of guanidine groups is 1. The molecule has 0 spiro atoms. The van der Waals surface area contributed by atoms with Crippen molar-refractivity contribution in [3.05, 3.63) is 53.5 Å². The number of hydrogen-bond donors (Lipinski definition) is 4.